The van der Waals surface area contributed by atoms with Crippen LogP contribution in [0.4, 0.5) is 0 Å². The molecule has 0 aromatic heterocycles. The summed E-state index contributed by atoms with van der Waals surface area (Å²) in [6.07, 6.45) is 0. The third kappa shape index (κ3) is 4.90. The highest BCUT2D eigenvalue weighted by molar-refractivity contribution is 7.89. The van der Waals surface area contributed by atoms with Crippen molar-refractivity contribution in [3.8, 4) is 0 Å². The van der Waals surface area contributed by atoms with Crippen LogP contribution in [0.2, 0.25) is 0 Å². The van der Waals surface area contributed by atoms with Crippen LogP contribution >= 0.6 is 7.60 Å². The Morgan fingerprint density at radius 3 is 2.05 bits per heavy atom. The molecule has 0 aliphatic rings. The monoisotopic (exact) mass is 335 g/mol. The fourth-order valence-corrected chi connectivity index (χ4v) is 4.95. The van der Waals surface area contributed by atoms with E-state index in [1.54, 1.807) is 26.0 Å². The molecule has 0 heterocycles. The van der Waals surface area contributed by atoms with Gasteiger partial charge < -0.3 is 9.05 Å². The Kier molecular flexibility index (Phi) is 6.56. The first kappa shape index (κ1) is 18.3. The average Bonchev–Trinajstić information content (AvgIpc) is 2.39. The van der Waals surface area contributed by atoms with Gasteiger partial charge in [-0.05, 0) is 39.8 Å². The fraction of sp³-hybridized carbons (Fsp3) is 0.538. The van der Waals surface area contributed by atoms with Gasteiger partial charge in [0.1, 0.15) is 5.78 Å². The van der Waals surface area contributed by atoms with Gasteiger partial charge in [-0.1, -0.05) is 17.7 Å². The largest absolute Gasteiger partial charge is 0.348 e. The molecule has 1 atom stereocenters. The van der Waals surface area contributed by atoms with Crippen molar-refractivity contribution in [3.63, 3.8) is 0 Å². The van der Waals surface area contributed by atoms with Gasteiger partial charge in [0, 0.05) is 0 Å². The second kappa shape index (κ2) is 7.51. The number of rotatable bonds is 8. The highest BCUT2D eigenvalue weighted by atomic mass is 32.2. The molecule has 0 aliphatic heterocycles. The van der Waals surface area contributed by atoms with Gasteiger partial charge in [0.2, 0.25) is 10.0 Å². The van der Waals surface area contributed by atoms with Crippen molar-refractivity contribution in [2.75, 3.05) is 13.2 Å². The number of benzene rings is 1. The molecule has 0 aliphatic carbocycles. The minimum atomic E-state index is -3.78. The van der Waals surface area contributed by atoms with Crippen molar-refractivity contribution in [2.24, 2.45) is 0 Å². The maximum Gasteiger partial charge on any atom is 0.348 e. The van der Waals surface area contributed by atoms with Crippen molar-refractivity contribution in [3.05, 3.63) is 29.8 Å². The Labute approximate surface area is 126 Å². The fourth-order valence-electron chi connectivity index (χ4n) is 1.70. The summed E-state index contributed by atoms with van der Waals surface area (Å²) in [6.45, 7) is 7.03. The third-order valence-corrected chi connectivity index (χ3v) is 6.79. The lowest BCUT2D eigenvalue weighted by Gasteiger charge is -2.24. The number of aryl methyl sites for hydroxylation is 1. The lowest BCUT2D eigenvalue weighted by Crippen LogP contribution is -2.33. The van der Waals surface area contributed by atoms with Crippen LogP contribution in [0.1, 0.15) is 26.3 Å². The summed E-state index contributed by atoms with van der Waals surface area (Å²) in [7, 11) is -7.31. The molecule has 1 aromatic rings. The average molecular weight is 335 g/mol. The quantitative estimate of drug-likeness (QED) is 0.739. The molecule has 0 fully saturated rings. The first-order valence-corrected chi connectivity index (χ1v) is 9.82. The topological polar surface area (TPSA) is 81.7 Å². The second-order valence-electron chi connectivity index (χ2n) is 4.49. The molecule has 0 saturated carbocycles. The summed E-state index contributed by atoms with van der Waals surface area (Å²) >= 11 is 0. The molecule has 0 bridgehead atoms. The van der Waals surface area contributed by atoms with E-state index in [-0.39, 0.29) is 18.1 Å². The molecule has 0 spiro atoms. The second-order valence-corrected chi connectivity index (χ2v) is 8.57. The van der Waals surface area contributed by atoms with Gasteiger partial charge in [-0.15, -0.1) is 0 Å². The predicted octanol–water partition coefficient (Wildman–Crippen LogP) is 2.89. The van der Waals surface area contributed by atoms with Crippen LogP contribution in [0, 0.1) is 6.92 Å². The van der Waals surface area contributed by atoms with Crippen molar-refractivity contribution < 1.29 is 22.0 Å². The summed E-state index contributed by atoms with van der Waals surface area (Å²) in [4.78, 5) is 0.111. The zero-order valence-electron chi connectivity index (χ0n) is 12.7. The van der Waals surface area contributed by atoms with Crippen LogP contribution in [-0.2, 0) is 23.6 Å². The maximum absolute atomic E-state index is 12.5. The van der Waals surface area contributed by atoms with Crippen LogP contribution in [0.5, 0.6) is 0 Å². The molecule has 6 nitrogen and oxygen atoms in total. The van der Waals surface area contributed by atoms with Crippen LogP contribution in [0.25, 0.3) is 0 Å². The molecule has 21 heavy (non-hydrogen) atoms. The first-order chi connectivity index (χ1) is 9.75. The van der Waals surface area contributed by atoms with E-state index < -0.39 is 23.4 Å². The predicted molar refractivity (Wildman–Crippen MR) is 81.8 cm³/mol. The Morgan fingerprint density at radius 2 is 1.62 bits per heavy atom. The highest BCUT2D eigenvalue weighted by Gasteiger charge is 2.35. The maximum atomic E-state index is 12.5. The summed E-state index contributed by atoms with van der Waals surface area (Å²) in [5.41, 5.74) is 0.955. The molecule has 8 heteroatoms. The van der Waals surface area contributed by atoms with Gasteiger partial charge in [-0.2, -0.15) is 4.72 Å². The minimum Gasteiger partial charge on any atom is -0.308 e. The highest BCUT2D eigenvalue weighted by Crippen LogP contribution is 2.52. The molecule has 1 rings (SSSR count). The van der Waals surface area contributed by atoms with Crippen molar-refractivity contribution in [1.29, 1.82) is 0 Å². The van der Waals surface area contributed by atoms with E-state index in [0.717, 1.165) is 5.56 Å². The minimum absolute atomic E-state index is 0.111. The number of hydrogen-bond acceptors (Lipinski definition) is 5. The van der Waals surface area contributed by atoms with E-state index >= 15 is 0 Å². The van der Waals surface area contributed by atoms with E-state index in [9.17, 15) is 13.0 Å². The van der Waals surface area contributed by atoms with Crippen molar-refractivity contribution in [1.82, 2.24) is 4.72 Å². The molecule has 0 radical (unpaired) electrons. The van der Waals surface area contributed by atoms with Gasteiger partial charge in [-0.25, -0.2) is 8.42 Å². The standard InChI is InChI=1S/C13H22NO5PS/c1-5-18-20(15,19-6-2)12(4)14-21(16,17)13-9-7-11(3)8-10-13/h7-10,12,14H,5-6H2,1-4H3/t12-/m1/s1. The summed E-state index contributed by atoms with van der Waals surface area (Å²) in [5.74, 6) is -0.969. The van der Waals surface area contributed by atoms with Gasteiger partial charge in [0.15, 0.2) is 0 Å². The first-order valence-electron chi connectivity index (χ1n) is 6.73. The van der Waals surface area contributed by atoms with Gasteiger partial charge in [0.25, 0.3) is 0 Å². The zero-order chi connectivity index (χ0) is 16.1. The summed E-state index contributed by atoms with van der Waals surface area (Å²) in [6, 6.07) is 6.39. The Hall–Kier alpha value is -0.720. The van der Waals surface area contributed by atoms with E-state index in [1.165, 1.54) is 19.1 Å². The van der Waals surface area contributed by atoms with Gasteiger partial charge in [0.05, 0.1) is 18.1 Å². The molecular formula is C13H22NO5PS. The molecule has 120 valence electrons. The van der Waals surface area contributed by atoms with Crippen LogP contribution in [-0.4, -0.2) is 27.4 Å². The zero-order valence-corrected chi connectivity index (χ0v) is 14.4. The van der Waals surface area contributed by atoms with Crippen LogP contribution in [0.15, 0.2) is 29.2 Å². The van der Waals surface area contributed by atoms with E-state index in [4.69, 9.17) is 9.05 Å². The van der Waals surface area contributed by atoms with Gasteiger partial charge in [-0.3, -0.25) is 4.57 Å². The lowest BCUT2D eigenvalue weighted by atomic mass is 10.2. The Balaban J connectivity index is 2.96. The lowest BCUT2D eigenvalue weighted by molar-refractivity contribution is 0.212. The summed E-state index contributed by atoms with van der Waals surface area (Å²) in [5, 5.41) is 0. The molecule has 1 N–H and O–H groups in total. The van der Waals surface area contributed by atoms with Crippen LogP contribution in [0.3, 0.4) is 0 Å². The molecular weight excluding hydrogens is 313 g/mol. The number of sulfonamides is 1. The van der Waals surface area contributed by atoms with E-state index in [0.29, 0.717) is 0 Å². The molecule has 0 amide bonds. The van der Waals surface area contributed by atoms with E-state index in [2.05, 4.69) is 4.72 Å². The van der Waals surface area contributed by atoms with Crippen molar-refractivity contribution in [2.45, 2.75) is 38.4 Å². The Morgan fingerprint density at radius 1 is 1.14 bits per heavy atom. The molecule has 0 unspecified atom stereocenters. The molecule has 0 saturated heterocycles. The van der Waals surface area contributed by atoms with Gasteiger partial charge >= 0.3 is 7.60 Å². The molecule has 1 aromatic carbocycles. The van der Waals surface area contributed by atoms with Crippen LogP contribution < -0.4 is 4.72 Å². The Bertz CT molecular complexity index is 589. The SMILES string of the molecule is CCOP(=O)(OCC)[C@H](C)NS(=O)(=O)c1ccc(C)cc1. The number of nitrogens with one attached hydrogen (secondary N) is 1. The third-order valence-electron chi connectivity index (χ3n) is 2.75. The smallest absolute Gasteiger partial charge is 0.308 e. The van der Waals surface area contributed by atoms with E-state index in [1.807, 2.05) is 6.92 Å². The summed E-state index contributed by atoms with van der Waals surface area (Å²) < 4.78 is 49.7. The normalized spacial score (nSPS) is 14.1. The number of hydrogen-bond donors (Lipinski definition) is 1. The van der Waals surface area contributed by atoms with Crippen molar-refractivity contribution >= 4 is 17.6 Å².